The van der Waals surface area contributed by atoms with Crippen molar-refractivity contribution in [2.45, 2.75) is 0 Å². The van der Waals surface area contributed by atoms with Crippen LogP contribution in [0.25, 0.3) is 11.3 Å². The predicted molar refractivity (Wildman–Crippen MR) is 127 cm³/mol. The average Bonchev–Trinajstić information content (AvgIpc) is 3.29. The smallest absolute Gasteiger partial charge is 0.337 e. The number of thiocarbonyl (C=S) groups is 1. The number of carbonyl (C=O) groups is 3. The number of ether oxygens (including phenoxy) is 2. The number of anilines is 1. The predicted octanol–water partition coefficient (Wildman–Crippen LogP) is 4.95. The van der Waals surface area contributed by atoms with Gasteiger partial charge in [0.1, 0.15) is 5.76 Å². The minimum atomic E-state index is -0.665. The average molecular weight is 507 g/mol. The van der Waals surface area contributed by atoms with Gasteiger partial charge in [-0.3, -0.25) is 10.1 Å². The van der Waals surface area contributed by atoms with Gasteiger partial charge >= 0.3 is 11.9 Å². The summed E-state index contributed by atoms with van der Waals surface area (Å²) in [5.41, 5.74) is 0.963. The van der Waals surface area contributed by atoms with Crippen molar-refractivity contribution in [2.75, 3.05) is 19.5 Å². The first kappa shape index (κ1) is 24.2. The summed E-state index contributed by atoms with van der Waals surface area (Å²) in [6.07, 6.45) is 0. The number of amides is 1. The van der Waals surface area contributed by atoms with Gasteiger partial charge in [0.05, 0.1) is 35.4 Å². The van der Waals surface area contributed by atoms with E-state index in [0.29, 0.717) is 21.4 Å². The van der Waals surface area contributed by atoms with Crippen LogP contribution in [-0.2, 0) is 9.47 Å². The van der Waals surface area contributed by atoms with E-state index in [1.807, 2.05) is 0 Å². The number of hydrogen-bond donors (Lipinski definition) is 2. The molecule has 3 aromatic rings. The van der Waals surface area contributed by atoms with Crippen molar-refractivity contribution in [3.05, 3.63) is 75.5 Å². The summed E-state index contributed by atoms with van der Waals surface area (Å²) in [7, 11) is 2.42. The molecule has 3 rings (SSSR count). The van der Waals surface area contributed by atoms with E-state index in [1.54, 1.807) is 24.3 Å². The Balaban J connectivity index is 1.75. The highest BCUT2D eigenvalue weighted by molar-refractivity contribution is 7.80. The fraction of sp³-hybridized carbons (Fsp3) is 0.0909. The Morgan fingerprint density at radius 1 is 0.939 bits per heavy atom. The molecule has 33 heavy (non-hydrogen) atoms. The molecule has 0 atom stereocenters. The lowest BCUT2D eigenvalue weighted by Crippen LogP contribution is -2.34. The molecule has 1 heterocycles. The van der Waals surface area contributed by atoms with Gasteiger partial charge in [-0.2, -0.15) is 0 Å². The topological polar surface area (TPSA) is 107 Å². The second kappa shape index (κ2) is 10.5. The first-order chi connectivity index (χ1) is 15.7. The molecule has 0 fully saturated rings. The Morgan fingerprint density at radius 3 is 2.18 bits per heavy atom. The van der Waals surface area contributed by atoms with Crippen molar-refractivity contribution in [1.82, 2.24) is 5.32 Å². The molecule has 1 amide bonds. The van der Waals surface area contributed by atoms with Gasteiger partial charge in [-0.1, -0.05) is 29.3 Å². The molecule has 0 bridgehead atoms. The number of methoxy groups -OCH3 is 2. The van der Waals surface area contributed by atoms with Gasteiger partial charge in [-0.15, -0.1) is 0 Å². The number of furan rings is 1. The molecular formula is C22H16Cl2N2O6S. The number of hydrogen-bond acceptors (Lipinski definition) is 7. The van der Waals surface area contributed by atoms with Crippen LogP contribution in [0, 0.1) is 0 Å². The highest BCUT2D eigenvalue weighted by Gasteiger charge is 2.18. The molecule has 0 aliphatic heterocycles. The van der Waals surface area contributed by atoms with Gasteiger partial charge in [-0.05, 0) is 54.7 Å². The fourth-order valence-electron chi connectivity index (χ4n) is 2.80. The van der Waals surface area contributed by atoms with Crippen molar-refractivity contribution in [2.24, 2.45) is 0 Å². The maximum absolute atomic E-state index is 12.5. The SMILES string of the molecule is COC(=O)c1cc(NC(=S)NC(=O)c2ccc(-c3cccc(Cl)c3Cl)o2)cc(C(=O)OC)c1. The zero-order valence-corrected chi connectivity index (χ0v) is 19.6. The monoisotopic (exact) mass is 506 g/mol. The summed E-state index contributed by atoms with van der Waals surface area (Å²) in [4.78, 5) is 36.4. The molecule has 0 saturated carbocycles. The summed E-state index contributed by atoms with van der Waals surface area (Å²) in [5.74, 6) is -1.64. The van der Waals surface area contributed by atoms with Gasteiger partial charge in [-0.25, -0.2) is 9.59 Å². The number of carbonyl (C=O) groups excluding carboxylic acids is 3. The quantitative estimate of drug-likeness (QED) is 0.369. The lowest BCUT2D eigenvalue weighted by atomic mass is 10.1. The largest absolute Gasteiger partial charge is 0.465 e. The maximum atomic E-state index is 12.5. The first-order valence-electron chi connectivity index (χ1n) is 9.21. The van der Waals surface area contributed by atoms with Crippen LogP contribution in [0.3, 0.4) is 0 Å². The second-order valence-electron chi connectivity index (χ2n) is 6.46. The Hall–Kier alpha value is -3.40. The van der Waals surface area contributed by atoms with Crippen LogP contribution in [0.5, 0.6) is 0 Å². The van der Waals surface area contributed by atoms with Crippen molar-refractivity contribution in [3.8, 4) is 11.3 Å². The molecule has 0 aliphatic carbocycles. The molecule has 170 valence electrons. The summed E-state index contributed by atoms with van der Waals surface area (Å²) in [6.45, 7) is 0. The first-order valence-corrected chi connectivity index (χ1v) is 10.4. The van der Waals surface area contributed by atoms with Crippen molar-refractivity contribution in [1.29, 1.82) is 0 Å². The zero-order chi connectivity index (χ0) is 24.1. The molecule has 2 aromatic carbocycles. The molecular weight excluding hydrogens is 491 g/mol. The van der Waals surface area contributed by atoms with Crippen molar-refractivity contribution < 1.29 is 28.3 Å². The van der Waals surface area contributed by atoms with E-state index in [2.05, 4.69) is 10.6 Å². The molecule has 0 spiro atoms. The van der Waals surface area contributed by atoms with Crippen LogP contribution in [0.1, 0.15) is 31.3 Å². The maximum Gasteiger partial charge on any atom is 0.337 e. The highest BCUT2D eigenvalue weighted by atomic mass is 35.5. The summed E-state index contributed by atoms with van der Waals surface area (Å²) >= 11 is 17.4. The molecule has 11 heteroatoms. The van der Waals surface area contributed by atoms with E-state index in [9.17, 15) is 14.4 Å². The Kier molecular flexibility index (Phi) is 7.70. The Morgan fingerprint density at radius 2 is 1.58 bits per heavy atom. The molecule has 0 unspecified atom stereocenters. The van der Waals surface area contributed by atoms with Gasteiger partial charge in [0.15, 0.2) is 10.9 Å². The Bertz CT molecular complexity index is 1220. The zero-order valence-electron chi connectivity index (χ0n) is 17.2. The van der Waals surface area contributed by atoms with Crippen LogP contribution in [0.15, 0.2) is 52.9 Å². The summed E-state index contributed by atoms with van der Waals surface area (Å²) < 4.78 is 15.0. The van der Waals surface area contributed by atoms with E-state index in [1.165, 1.54) is 38.5 Å². The third-order valence-corrected chi connectivity index (χ3v) is 5.33. The minimum absolute atomic E-state index is 0.0243. The van der Waals surface area contributed by atoms with Gasteiger partial charge in [0.25, 0.3) is 5.91 Å². The summed E-state index contributed by atoms with van der Waals surface area (Å²) in [6, 6.07) is 12.2. The minimum Gasteiger partial charge on any atom is -0.465 e. The number of halogens is 2. The normalized spacial score (nSPS) is 10.3. The third kappa shape index (κ3) is 5.70. The molecule has 1 aromatic heterocycles. The standard InChI is InChI=1S/C22H16Cl2N2O6S/c1-30-20(28)11-8-12(21(29)31-2)10-13(9-11)25-22(33)26-19(27)17-7-6-16(32-17)14-4-3-5-15(23)18(14)24/h3-10H,1-2H3,(H2,25,26,27,33). The molecule has 8 nitrogen and oxygen atoms in total. The number of rotatable bonds is 5. The van der Waals surface area contributed by atoms with Crippen molar-refractivity contribution in [3.63, 3.8) is 0 Å². The number of esters is 2. The number of nitrogens with one attached hydrogen (secondary N) is 2. The van der Waals surface area contributed by atoms with Crippen LogP contribution in [0.4, 0.5) is 5.69 Å². The van der Waals surface area contributed by atoms with E-state index >= 15 is 0 Å². The van der Waals surface area contributed by atoms with Crippen molar-refractivity contribution >= 4 is 64.1 Å². The van der Waals surface area contributed by atoms with Gasteiger partial charge in [0.2, 0.25) is 0 Å². The number of benzene rings is 2. The molecule has 0 radical (unpaired) electrons. The van der Waals surface area contributed by atoms with E-state index in [4.69, 9.17) is 49.3 Å². The van der Waals surface area contributed by atoms with Gasteiger partial charge < -0.3 is 19.2 Å². The lowest BCUT2D eigenvalue weighted by molar-refractivity contribution is 0.0599. The van der Waals surface area contributed by atoms with Crippen LogP contribution in [0.2, 0.25) is 10.0 Å². The molecule has 0 aliphatic rings. The second-order valence-corrected chi connectivity index (χ2v) is 7.65. The van der Waals surface area contributed by atoms with Crippen LogP contribution < -0.4 is 10.6 Å². The lowest BCUT2D eigenvalue weighted by Gasteiger charge is -2.11. The van der Waals surface area contributed by atoms with E-state index in [0.717, 1.165) is 0 Å². The van der Waals surface area contributed by atoms with Gasteiger partial charge in [0, 0.05) is 11.3 Å². The third-order valence-electron chi connectivity index (χ3n) is 4.31. The fourth-order valence-corrected chi connectivity index (χ4v) is 3.40. The van der Waals surface area contributed by atoms with E-state index in [-0.39, 0.29) is 27.7 Å². The molecule has 0 saturated heterocycles. The van der Waals surface area contributed by atoms with Crippen LogP contribution in [-0.4, -0.2) is 37.2 Å². The highest BCUT2D eigenvalue weighted by Crippen LogP contribution is 2.34. The van der Waals surface area contributed by atoms with Crippen LogP contribution >= 0.6 is 35.4 Å². The summed E-state index contributed by atoms with van der Waals surface area (Å²) in [5, 5.41) is 5.74. The van der Waals surface area contributed by atoms with E-state index < -0.39 is 17.8 Å². The Labute approximate surface area is 203 Å². The molecule has 2 N–H and O–H groups in total.